The molecule has 19 heavy (non-hydrogen) atoms. The third-order valence-electron chi connectivity index (χ3n) is 2.29. The molecule has 1 aromatic heterocycles. The van der Waals surface area contributed by atoms with Crippen molar-refractivity contribution in [1.82, 2.24) is 5.32 Å². The van der Waals surface area contributed by atoms with Crippen LogP contribution in [0, 0.1) is 0 Å². The normalized spacial score (nSPS) is 12.7. The monoisotopic (exact) mass is 291 g/mol. The number of carbonyl (C=O) groups is 2. The molecule has 0 aliphatic carbocycles. The van der Waals surface area contributed by atoms with E-state index in [4.69, 9.17) is 0 Å². The summed E-state index contributed by atoms with van der Waals surface area (Å²) in [6.45, 7) is 5.24. The number of thiophene rings is 1. The molecule has 2 unspecified atom stereocenters. The molecule has 0 aliphatic rings. The van der Waals surface area contributed by atoms with Crippen LogP contribution in [0.3, 0.4) is 0 Å². The van der Waals surface area contributed by atoms with Crippen LogP contribution in [0.15, 0.2) is 29.8 Å². The van der Waals surface area contributed by atoms with Crippen LogP contribution in [0.2, 0.25) is 0 Å². The fourth-order valence-electron chi connectivity index (χ4n) is 1.56. The maximum Gasteiger partial charge on any atom is 1.00 e. The van der Waals surface area contributed by atoms with E-state index in [1.165, 1.54) is 18.4 Å². The quantitative estimate of drug-likeness (QED) is 0.454. The van der Waals surface area contributed by atoms with Crippen molar-refractivity contribution < 1.29 is 49.0 Å². The molecule has 7 heteroatoms. The molecule has 0 saturated heterocycles. The van der Waals surface area contributed by atoms with Crippen molar-refractivity contribution >= 4 is 23.3 Å². The number of hydrogen-bond acceptors (Lipinski definition) is 6. The maximum absolute atomic E-state index is 11.7. The zero-order valence-corrected chi connectivity index (χ0v) is 14.0. The van der Waals surface area contributed by atoms with Crippen molar-refractivity contribution in [1.29, 1.82) is 0 Å². The molecule has 0 bridgehead atoms. The van der Waals surface area contributed by atoms with E-state index in [0.29, 0.717) is 10.6 Å². The first-order valence-electron chi connectivity index (χ1n) is 5.21. The predicted molar refractivity (Wildman–Crippen MR) is 65.8 cm³/mol. The summed E-state index contributed by atoms with van der Waals surface area (Å²) in [5.41, 5.74) is 0.480. The van der Waals surface area contributed by atoms with Crippen molar-refractivity contribution in [3.8, 4) is 0 Å². The summed E-state index contributed by atoms with van der Waals surface area (Å²) in [7, 11) is 1.20. The summed E-state index contributed by atoms with van der Waals surface area (Å²) in [5, 5.41) is 15.7. The smallest absolute Gasteiger partial charge is 0.549 e. The third kappa shape index (κ3) is 4.99. The molecule has 1 aromatic rings. The second-order valence-electron chi connectivity index (χ2n) is 3.74. The molecule has 0 spiro atoms. The SMILES string of the molecule is C=C(C)NC(C(=O)OC)C(C(=O)[O-])c1cccs1.[Na+]. The summed E-state index contributed by atoms with van der Waals surface area (Å²) in [4.78, 5) is 23.5. The predicted octanol–water partition coefficient (Wildman–Crippen LogP) is -2.75. The molecule has 0 fully saturated rings. The molecule has 0 saturated carbocycles. The minimum atomic E-state index is -1.33. The van der Waals surface area contributed by atoms with Gasteiger partial charge in [-0.1, -0.05) is 12.6 Å². The summed E-state index contributed by atoms with van der Waals surface area (Å²) in [6.07, 6.45) is 0. The number of methoxy groups -OCH3 is 1. The molecule has 2 atom stereocenters. The Kier molecular flexibility index (Phi) is 8.01. The first-order valence-corrected chi connectivity index (χ1v) is 6.09. The van der Waals surface area contributed by atoms with Crippen LogP contribution in [0.4, 0.5) is 0 Å². The second-order valence-corrected chi connectivity index (χ2v) is 4.72. The van der Waals surface area contributed by atoms with Gasteiger partial charge in [0, 0.05) is 10.6 Å². The third-order valence-corrected chi connectivity index (χ3v) is 3.25. The molecule has 0 radical (unpaired) electrons. The van der Waals surface area contributed by atoms with E-state index in [1.54, 1.807) is 24.4 Å². The molecular formula is C12H14NNaO4S. The zero-order valence-electron chi connectivity index (χ0n) is 11.1. The van der Waals surface area contributed by atoms with Crippen LogP contribution in [0.1, 0.15) is 17.7 Å². The summed E-state index contributed by atoms with van der Waals surface area (Å²) < 4.78 is 4.61. The molecule has 1 heterocycles. The molecule has 98 valence electrons. The number of rotatable bonds is 6. The zero-order chi connectivity index (χ0) is 13.7. The largest absolute Gasteiger partial charge is 1.00 e. The fraction of sp³-hybridized carbons (Fsp3) is 0.333. The van der Waals surface area contributed by atoms with Gasteiger partial charge in [-0.05, 0) is 18.4 Å². The first kappa shape index (κ1) is 18.2. The van der Waals surface area contributed by atoms with Gasteiger partial charge in [-0.3, -0.25) is 0 Å². The Morgan fingerprint density at radius 3 is 2.53 bits per heavy atom. The van der Waals surface area contributed by atoms with E-state index in [-0.39, 0.29) is 29.6 Å². The Balaban J connectivity index is 0.00000324. The van der Waals surface area contributed by atoms with Gasteiger partial charge in [-0.25, -0.2) is 4.79 Å². The minimum Gasteiger partial charge on any atom is -0.549 e. The Bertz CT molecular complexity index is 447. The number of hydrogen-bond donors (Lipinski definition) is 1. The number of carboxylic acid groups (broad SMARTS) is 1. The fourth-order valence-corrected chi connectivity index (χ4v) is 2.41. The van der Waals surface area contributed by atoms with Gasteiger partial charge in [0.1, 0.15) is 6.04 Å². The van der Waals surface area contributed by atoms with Crippen LogP contribution in [0.5, 0.6) is 0 Å². The molecular weight excluding hydrogens is 277 g/mol. The first-order chi connectivity index (χ1) is 8.47. The Labute approximate surface area is 137 Å². The average molecular weight is 291 g/mol. The van der Waals surface area contributed by atoms with Crippen molar-refractivity contribution in [2.75, 3.05) is 7.11 Å². The minimum absolute atomic E-state index is 0. The number of allylic oxidation sites excluding steroid dienone is 1. The van der Waals surface area contributed by atoms with E-state index in [2.05, 4.69) is 16.6 Å². The average Bonchev–Trinajstić information content (AvgIpc) is 2.79. The van der Waals surface area contributed by atoms with E-state index in [0.717, 1.165) is 0 Å². The Hall–Kier alpha value is -0.820. The van der Waals surface area contributed by atoms with Gasteiger partial charge in [-0.15, -0.1) is 11.3 Å². The number of carbonyl (C=O) groups excluding carboxylic acids is 2. The van der Waals surface area contributed by atoms with Gasteiger partial charge in [-0.2, -0.15) is 0 Å². The summed E-state index contributed by atoms with van der Waals surface area (Å²) >= 11 is 1.24. The van der Waals surface area contributed by atoms with Gasteiger partial charge < -0.3 is 20.0 Å². The molecule has 0 aliphatic heterocycles. The second kappa shape index (κ2) is 8.37. The molecule has 0 amide bonds. The van der Waals surface area contributed by atoms with Crippen LogP contribution in [-0.2, 0) is 14.3 Å². The van der Waals surface area contributed by atoms with Crippen molar-refractivity contribution in [2.24, 2.45) is 0 Å². The van der Waals surface area contributed by atoms with Gasteiger partial charge >= 0.3 is 35.5 Å². The van der Waals surface area contributed by atoms with Crippen molar-refractivity contribution in [3.63, 3.8) is 0 Å². The van der Waals surface area contributed by atoms with E-state index in [9.17, 15) is 14.7 Å². The van der Waals surface area contributed by atoms with Gasteiger partial charge in [0.25, 0.3) is 0 Å². The number of esters is 1. The topological polar surface area (TPSA) is 78.5 Å². The van der Waals surface area contributed by atoms with Crippen LogP contribution in [-0.4, -0.2) is 25.1 Å². The standard InChI is InChI=1S/C12H15NO4S.Na/c1-7(2)13-10(12(16)17-3)9(11(14)15)8-5-4-6-18-8;/h4-6,9-10,13H,1H2,2-3H3,(H,14,15);/q;+1/p-1. The van der Waals surface area contributed by atoms with Crippen LogP contribution in [0.25, 0.3) is 0 Å². The molecule has 5 nitrogen and oxygen atoms in total. The Morgan fingerprint density at radius 1 is 1.53 bits per heavy atom. The van der Waals surface area contributed by atoms with E-state index in [1.807, 2.05) is 0 Å². The van der Waals surface area contributed by atoms with Gasteiger partial charge in [0.15, 0.2) is 0 Å². The number of aliphatic carboxylic acids is 1. The number of carboxylic acids is 1. The number of ether oxygens (including phenoxy) is 1. The molecule has 1 N–H and O–H groups in total. The number of nitrogens with one attached hydrogen (secondary N) is 1. The Morgan fingerprint density at radius 2 is 2.16 bits per heavy atom. The molecule has 0 aromatic carbocycles. The van der Waals surface area contributed by atoms with Crippen molar-refractivity contribution in [2.45, 2.75) is 18.9 Å². The summed E-state index contributed by atoms with van der Waals surface area (Å²) in [6, 6.07) is 2.31. The maximum atomic E-state index is 11.7. The molecule has 1 rings (SSSR count). The van der Waals surface area contributed by atoms with Crippen LogP contribution < -0.4 is 40.0 Å². The van der Waals surface area contributed by atoms with E-state index < -0.39 is 23.9 Å². The summed E-state index contributed by atoms with van der Waals surface area (Å²) in [5.74, 6) is -3.10. The van der Waals surface area contributed by atoms with Crippen molar-refractivity contribution in [3.05, 3.63) is 34.7 Å². The van der Waals surface area contributed by atoms with Gasteiger partial charge in [0.2, 0.25) is 0 Å². The van der Waals surface area contributed by atoms with Gasteiger partial charge in [0.05, 0.1) is 19.0 Å². The van der Waals surface area contributed by atoms with E-state index >= 15 is 0 Å². The van der Waals surface area contributed by atoms with Crippen LogP contribution >= 0.6 is 11.3 Å².